The first-order valence-corrected chi connectivity index (χ1v) is 10.2. The molecule has 0 bridgehead atoms. The first kappa shape index (κ1) is 24.0. The first-order valence-electron chi connectivity index (χ1n) is 10.2. The highest BCUT2D eigenvalue weighted by Gasteiger charge is 2.51. The number of rotatable bonds is 14. The van der Waals surface area contributed by atoms with E-state index >= 15 is 0 Å². The van der Waals surface area contributed by atoms with Crippen LogP contribution in [0.25, 0.3) is 0 Å². The van der Waals surface area contributed by atoms with E-state index in [0.717, 1.165) is 19.3 Å². The predicted octanol–water partition coefficient (Wildman–Crippen LogP) is 4.29. The Labute approximate surface area is 160 Å². The summed E-state index contributed by atoms with van der Waals surface area (Å²) in [5, 5.41) is 28.3. The topological polar surface area (TPSA) is 94.8 Å². The minimum atomic E-state index is -3.55. The van der Waals surface area contributed by atoms with Gasteiger partial charge in [0.2, 0.25) is 5.79 Å². The minimum absolute atomic E-state index is 0.0860. The van der Waals surface area contributed by atoms with Gasteiger partial charge >= 0.3 is 5.97 Å². The summed E-state index contributed by atoms with van der Waals surface area (Å²) in [4.78, 5) is 22.6. The third-order valence-electron chi connectivity index (χ3n) is 5.69. The molecule has 7 heteroatoms. The van der Waals surface area contributed by atoms with E-state index in [1.807, 2.05) is 0 Å². The number of unbranched alkanes of at least 4 members (excludes halogenated alkanes) is 4. The zero-order chi connectivity index (χ0) is 20.5. The molecule has 1 unspecified atom stereocenters. The first-order chi connectivity index (χ1) is 12.6. The normalized spacial score (nSPS) is 21.0. The molecule has 1 fully saturated rings. The number of aliphatic carboxylic acids is 1. The molecule has 0 amide bonds. The molecule has 1 aliphatic carbocycles. The van der Waals surface area contributed by atoms with Gasteiger partial charge in [-0.25, -0.2) is 8.78 Å². The number of halogens is 2. The van der Waals surface area contributed by atoms with Gasteiger partial charge in [0.1, 0.15) is 5.78 Å². The lowest BCUT2D eigenvalue weighted by molar-refractivity contribution is -0.302. The van der Waals surface area contributed by atoms with Crippen LogP contribution in [0.4, 0.5) is 8.78 Å². The summed E-state index contributed by atoms with van der Waals surface area (Å²) in [6.07, 6.45) is 4.86. The van der Waals surface area contributed by atoms with Crippen molar-refractivity contribution in [2.45, 2.75) is 102 Å². The molecule has 158 valence electrons. The Morgan fingerprint density at radius 3 is 2.37 bits per heavy atom. The summed E-state index contributed by atoms with van der Waals surface area (Å²) in [6.45, 7) is 1.77. The van der Waals surface area contributed by atoms with Gasteiger partial charge in [-0.05, 0) is 38.0 Å². The smallest absolute Gasteiger partial charge is 0.303 e. The molecular weight excluding hydrogens is 358 g/mol. The van der Waals surface area contributed by atoms with Gasteiger partial charge < -0.3 is 15.3 Å². The summed E-state index contributed by atoms with van der Waals surface area (Å²) in [7, 11) is 0. The molecule has 0 aromatic heterocycles. The van der Waals surface area contributed by atoms with Crippen molar-refractivity contribution in [3.63, 3.8) is 0 Å². The van der Waals surface area contributed by atoms with Crippen LogP contribution in [0.2, 0.25) is 0 Å². The third-order valence-corrected chi connectivity index (χ3v) is 5.69. The number of Topliss-reactive ketones (excluding diaryl/α,β-unsaturated/α-hetero) is 1. The Morgan fingerprint density at radius 2 is 1.74 bits per heavy atom. The van der Waals surface area contributed by atoms with E-state index in [0.29, 0.717) is 32.1 Å². The van der Waals surface area contributed by atoms with Gasteiger partial charge in [0.15, 0.2) is 0 Å². The van der Waals surface area contributed by atoms with Crippen LogP contribution in [0.15, 0.2) is 0 Å². The molecule has 0 radical (unpaired) electrons. The lowest BCUT2D eigenvalue weighted by Gasteiger charge is -2.32. The molecule has 0 aliphatic heterocycles. The predicted molar refractivity (Wildman–Crippen MR) is 97.4 cm³/mol. The Kier molecular flexibility index (Phi) is 9.81. The van der Waals surface area contributed by atoms with Crippen molar-refractivity contribution in [3.8, 4) is 0 Å². The van der Waals surface area contributed by atoms with Crippen molar-refractivity contribution in [1.29, 1.82) is 0 Å². The number of hydrogen-bond acceptors (Lipinski definition) is 4. The van der Waals surface area contributed by atoms with Crippen molar-refractivity contribution < 1.29 is 33.7 Å². The summed E-state index contributed by atoms with van der Waals surface area (Å²) in [5.41, 5.74) is 0. The highest BCUT2D eigenvalue weighted by atomic mass is 19.3. The second-order valence-electron chi connectivity index (χ2n) is 7.88. The average molecular weight is 392 g/mol. The van der Waals surface area contributed by atoms with Crippen molar-refractivity contribution >= 4 is 11.8 Å². The number of aliphatic hydroxyl groups is 2. The van der Waals surface area contributed by atoms with E-state index in [1.54, 1.807) is 6.92 Å². The van der Waals surface area contributed by atoms with Crippen LogP contribution < -0.4 is 0 Å². The van der Waals surface area contributed by atoms with Crippen molar-refractivity contribution in [2.24, 2.45) is 11.8 Å². The second kappa shape index (κ2) is 11.1. The van der Waals surface area contributed by atoms with E-state index in [9.17, 15) is 28.6 Å². The van der Waals surface area contributed by atoms with E-state index < -0.39 is 30.5 Å². The van der Waals surface area contributed by atoms with Crippen LogP contribution in [0.3, 0.4) is 0 Å². The molecular formula is C20H34F2O5. The molecule has 27 heavy (non-hydrogen) atoms. The number of hydrogen-bond donors (Lipinski definition) is 3. The highest BCUT2D eigenvalue weighted by Crippen LogP contribution is 2.40. The molecule has 1 rings (SSSR count). The van der Waals surface area contributed by atoms with E-state index in [2.05, 4.69) is 0 Å². The zero-order valence-electron chi connectivity index (χ0n) is 16.3. The van der Waals surface area contributed by atoms with Crippen molar-refractivity contribution in [3.05, 3.63) is 0 Å². The third kappa shape index (κ3) is 7.82. The molecule has 1 saturated carbocycles. The molecule has 0 aromatic carbocycles. The Hall–Kier alpha value is -1.08. The monoisotopic (exact) mass is 392 g/mol. The number of carboxylic acids is 1. The summed E-state index contributed by atoms with van der Waals surface area (Å²) in [6, 6.07) is 0. The average Bonchev–Trinajstić information content (AvgIpc) is 2.94. The lowest BCUT2D eigenvalue weighted by atomic mass is 9.84. The van der Waals surface area contributed by atoms with Crippen LogP contribution >= 0.6 is 0 Å². The lowest BCUT2D eigenvalue weighted by Crippen LogP contribution is -2.48. The molecule has 5 nitrogen and oxygen atoms in total. The fourth-order valence-electron chi connectivity index (χ4n) is 3.88. The van der Waals surface area contributed by atoms with Gasteiger partial charge in [0.05, 0.1) is 0 Å². The molecule has 0 spiro atoms. The van der Waals surface area contributed by atoms with Crippen LogP contribution in [0, 0.1) is 11.8 Å². The van der Waals surface area contributed by atoms with Crippen LogP contribution in [0.1, 0.15) is 90.4 Å². The molecule has 3 N–H and O–H groups in total. The maximum Gasteiger partial charge on any atom is 0.303 e. The van der Waals surface area contributed by atoms with Gasteiger partial charge in [-0.2, -0.15) is 0 Å². The minimum Gasteiger partial charge on any atom is -0.481 e. The van der Waals surface area contributed by atoms with Crippen LogP contribution in [-0.2, 0) is 9.59 Å². The van der Waals surface area contributed by atoms with Gasteiger partial charge in [-0.1, -0.05) is 32.6 Å². The summed E-state index contributed by atoms with van der Waals surface area (Å²) >= 11 is 0. The quantitative estimate of drug-likeness (QED) is 0.303. The summed E-state index contributed by atoms with van der Waals surface area (Å²) < 4.78 is 28.0. The Bertz CT molecular complexity index is 479. The number of carbonyl (C=O) groups excluding carboxylic acids is 1. The fourth-order valence-corrected chi connectivity index (χ4v) is 3.88. The van der Waals surface area contributed by atoms with E-state index in [1.165, 1.54) is 0 Å². The number of alkyl halides is 2. The zero-order valence-corrected chi connectivity index (χ0v) is 16.3. The Morgan fingerprint density at radius 1 is 1.07 bits per heavy atom. The maximum absolute atomic E-state index is 14.0. The molecule has 0 aromatic rings. The van der Waals surface area contributed by atoms with E-state index in [-0.39, 0.29) is 36.9 Å². The fraction of sp³-hybridized carbons (Fsp3) is 0.900. The van der Waals surface area contributed by atoms with Crippen LogP contribution in [0.5, 0.6) is 0 Å². The Balaban J connectivity index is 2.44. The molecule has 0 heterocycles. The van der Waals surface area contributed by atoms with Crippen LogP contribution in [-0.4, -0.2) is 38.8 Å². The van der Waals surface area contributed by atoms with Gasteiger partial charge in [-0.15, -0.1) is 0 Å². The number of carbonyl (C=O) groups is 2. The standard InChI is InChI=1S/C20H34F2O5/c1-2-3-13-19(21,22)20(26,27)14-12-15-10-11-17(23)16(15)8-6-4-5-7-9-18(24)25/h15-16,26-27H,2-14H2,1H3,(H,24,25)/t15?,16-/m1/s1. The summed E-state index contributed by atoms with van der Waals surface area (Å²) in [5.74, 6) is -7.56. The molecule has 0 saturated heterocycles. The largest absolute Gasteiger partial charge is 0.481 e. The van der Waals surface area contributed by atoms with E-state index in [4.69, 9.17) is 5.11 Å². The maximum atomic E-state index is 14.0. The number of ketones is 1. The molecule has 2 atom stereocenters. The van der Waals surface area contributed by atoms with Gasteiger partial charge in [0, 0.05) is 31.6 Å². The highest BCUT2D eigenvalue weighted by molar-refractivity contribution is 5.83. The molecule has 1 aliphatic rings. The second-order valence-corrected chi connectivity index (χ2v) is 7.88. The van der Waals surface area contributed by atoms with Gasteiger partial charge in [0.25, 0.3) is 5.92 Å². The van der Waals surface area contributed by atoms with Crippen molar-refractivity contribution in [2.75, 3.05) is 0 Å². The van der Waals surface area contributed by atoms with Gasteiger partial charge in [-0.3, -0.25) is 9.59 Å². The number of carboxylic acid groups (broad SMARTS) is 1. The SMILES string of the molecule is CCCCC(F)(F)C(O)(O)CCC1CCC(=O)[C@@H]1CCCCCCC(=O)O. The van der Waals surface area contributed by atoms with Crippen molar-refractivity contribution in [1.82, 2.24) is 0 Å².